The summed E-state index contributed by atoms with van der Waals surface area (Å²) >= 11 is 0. The molecule has 0 aliphatic carbocycles. The van der Waals surface area contributed by atoms with Gasteiger partial charge in [-0.3, -0.25) is 0 Å². The van der Waals surface area contributed by atoms with Crippen LogP contribution in [0.2, 0.25) is 0 Å². The normalized spacial score (nSPS) is 21.1. The first kappa shape index (κ1) is 13.4. The van der Waals surface area contributed by atoms with E-state index in [1.807, 2.05) is 12.1 Å². The van der Waals surface area contributed by atoms with Crippen molar-refractivity contribution in [3.8, 4) is 5.75 Å². The lowest BCUT2D eigenvalue weighted by molar-refractivity contribution is 0.175. The van der Waals surface area contributed by atoms with Crippen LogP contribution in [-0.2, 0) is 6.54 Å². The van der Waals surface area contributed by atoms with Crippen molar-refractivity contribution >= 4 is 0 Å². The van der Waals surface area contributed by atoms with Crippen LogP contribution in [0.1, 0.15) is 31.2 Å². The van der Waals surface area contributed by atoms with Gasteiger partial charge in [0.25, 0.3) is 0 Å². The first-order valence-corrected chi connectivity index (χ1v) is 6.94. The zero-order valence-corrected chi connectivity index (χ0v) is 11.2. The maximum absolute atomic E-state index is 9.20. The number of phenols is 1. The van der Waals surface area contributed by atoms with Crippen molar-refractivity contribution < 1.29 is 5.11 Å². The number of phenolic OH excluding ortho intramolecular Hbond substituents is 1. The lowest BCUT2D eigenvalue weighted by Crippen LogP contribution is -2.38. The zero-order chi connectivity index (χ0) is 12.8. The minimum absolute atomic E-state index is 0.336. The molecule has 1 aliphatic heterocycles. The molecule has 100 valence electrons. The second-order valence-corrected chi connectivity index (χ2v) is 5.26. The predicted octanol–water partition coefficient (Wildman–Crippen LogP) is 2.36. The van der Waals surface area contributed by atoms with Crippen molar-refractivity contribution in [2.45, 2.75) is 38.3 Å². The molecule has 18 heavy (non-hydrogen) atoms. The number of rotatable bonds is 5. The Bertz CT molecular complexity index is 350. The molecule has 2 rings (SSSR count). The fraction of sp³-hybridized carbons (Fsp3) is 0.600. The van der Waals surface area contributed by atoms with Crippen LogP contribution in [0.4, 0.5) is 0 Å². The summed E-state index contributed by atoms with van der Waals surface area (Å²) in [6.45, 7) is 3.20. The van der Waals surface area contributed by atoms with E-state index in [2.05, 4.69) is 17.3 Å². The Morgan fingerprint density at radius 1 is 1.28 bits per heavy atom. The summed E-state index contributed by atoms with van der Waals surface area (Å²) in [5.74, 6) is 0.336. The van der Waals surface area contributed by atoms with Gasteiger partial charge in [-0.1, -0.05) is 18.6 Å². The van der Waals surface area contributed by atoms with E-state index in [0.717, 1.165) is 19.1 Å². The average Bonchev–Trinajstić information content (AvgIpc) is 2.39. The minimum atomic E-state index is 0.336. The molecule has 0 amide bonds. The van der Waals surface area contributed by atoms with E-state index in [-0.39, 0.29) is 0 Å². The highest BCUT2D eigenvalue weighted by atomic mass is 16.3. The molecule has 0 bridgehead atoms. The van der Waals surface area contributed by atoms with Crippen molar-refractivity contribution in [1.82, 2.24) is 10.2 Å². The van der Waals surface area contributed by atoms with Crippen molar-refractivity contribution in [2.75, 3.05) is 20.1 Å². The van der Waals surface area contributed by atoms with Gasteiger partial charge in [0.2, 0.25) is 0 Å². The van der Waals surface area contributed by atoms with Gasteiger partial charge in [0, 0.05) is 12.6 Å². The van der Waals surface area contributed by atoms with Crippen LogP contribution < -0.4 is 5.32 Å². The van der Waals surface area contributed by atoms with Gasteiger partial charge in [-0.2, -0.15) is 0 Å². The highest BCUT2D eigenvalue weighted by Crippen LogP contribution is 2.17. The van der Waals surface area contributed by atoms with Crippen LogP contribution in [0.25, 0.3) is 0 Å². The summed E-state index contributed by atoms with van der Waals surface area (Å²) < 4.78 is 0. The molecule has 1 aliphatic rings. The highest BCUT2D eigenvalue weighted by molar-refractivity contribution is 5.25. The van der Waals surface area contributed by atoms with Crippen LogP contribution in [0.5, 0.6) is 5.75 Å². The van der Waals surface area contributed by atoms with Crippen LogP contribution in [0.3, 0.4) is 0 Å². The molecule has 1 unspecified atom stereocenters. The fourth-order valence-corrected chi connectivity index (χ4v) is 2.62. The largest absolute Gasteiger partial charge is 0.508 e. The molecule has 1 saturated heterocycles. The SMILES string of the molecule is CN1CCCCC1CCNCc1ccc(O)cc1. The van der Waals surface area contributed by atoms with Gasteiger partial charge in [0.15, 0.2) is 0 Å². The first-order valence-electron chi connectivity index (χ1n) is 6.94. The van der Waals surface area contributed by atoms with Crippen molar-refractivity contribution in [3.05, 3.63) is 29.8 Å². The lowest BCUT2D eigenvalue weighted by Gasteiger charge is -2.32. The van der Waals surface area contributed by atoms with Gasteiger partial charge in [-0.05, 0) is 57.1 Å². The molecule has 1 atom stereocenters. The van der Waals surface area contributed by atoms with Crippen LogP contribution >= 0.6 is 0 Å². The standard InChI is InChI=1S/C15H24N2O/c1-17-11-3-2-4-14(17)9-10-16-12-13-5-7-15(18)8-6-13/h5-8,14,16,18H,2-4,9-12H2,1H3. The van der Waals surface area contributed by atoms with Gasteiger partial charge in [-0.25, -0.2) is 0 Å². The molecule has 0 spiro atoms. The van der Waals surface area contributed by atoms with E-state index < -0.39 is 0 Å². The zero-order valence-electron chi connectivity index (χ0n) is 11.2. The smallest absolute Gasteiger partial charge is 0.115 e. The summed E-state index contributed by atoms with van der Waals surface area (Å²) in [4.78, 5) is 2.49. The van der Waals surface area contributed by atoms with Crippen LogP contribution in [0.15, 0.2) is 24.3 Å². The van der Waals surface area contributed by atoms with E-state index in [1.54, 1.807) is 12.1 Å². The number of benzene rings is 1. The molecule has 1 aromatic rings. The molecular weight excluding hydrogens is 224 g/mol. The molecule has 3 nitrogen and oxygen atoms in total. The molecule has 0 saturated carbocycles. The first-order chi connectivity index (χ1) is 8.75. The Morgan fingerprint density at radius 3 is 2.78 bits per heavy atom. The second-order valence-electron chi connectivity index (χ2n) is 5.26. The van der Waals surface area contributed by atoms with Crippen molar-refractivity contribution in [2.24, 2.45) is 0 Å². The molecule has 0 aromatic heterocycles. The van der Waals surface area contributed by atoms with Gasteiger partial charge in [0.05, 0.1) is 0 Å². The Hall–Kier alpha value is -1.06. The van der Waals surface area contributed by atoms with Gasteiger partial charge >= 0.3 is 0 Å². The molecule has 0 radical (unpaired) electrons. The molecule has 1 fully saturated rings. The second kappa shape index (κ2) is 6.76. The number of hydrogen-bond acceptors (Lipinski definition) is 3. The highest BCUT2D eigenvalue weighted by Gasteiger charge is 2.17. The summed E-state index contributed by atoms with van der Waals surface area (Å²) in [6, 6.07) is 8.17. The molecule has 2 N–H and O–H groups in total. The van der Waals surface area contributed by atoms with Gasteiger partial charge in [-0.15, -0.1) is 0 Å². The maximum Gasteiger partial charge on any atom is 0.115 e. The fourth-order valence-electron chi connectivity index (χ4n) is 2.62. The van der Waals surface area contributed by atoms with Gasteiger partial charge < -0.3 is 15.3 Å². The van der Waals surface area contributed by atoms with Gasteiger partial charge in [0.1, 0.15) is 5.75 Å². The van der Waals surface area contributed by atoms with E-state index in [9.17, 15) is 5.11 Å². The van der Waals surface area contributed by atoms with Crippen LogP contribution in [0, 0.1) is 0 Å². The molecule has 3 heteroatoms. The van der Waals surface area contributed by atoms with Crippen LogP contribution in [-0.4, -0.2) is 36.2 Å². The van der Waals surface area contributed by atoms with Crippen molar-refractivity contribution in [3.63, 3.8) is 0 Å². The Labute approximate surface area is 110 Å². The molecule has 1 heterocycles. The minimum Gasteiger partial charge on any atom is -0.508 e. The Balaban J connectivity index is 1.65. The number of likely N-dealkylation sites (tertiary alicyclic amines) is 1. The third kappa shape index (κ3) is 4.00. The summed E-state index contributed by atoms with van der Waals surface area (Å²) in [5, 5.41) is 12.7. The summed E-state index contributed by atoms with van der Waals surface area (Å²) in [5.41, 5.74) is 1.23. The number of piperidine rings is 1. The van der Waals surface area contributed by atoms with E-state index >= 15 is 0 Å². The summed E-state index contributed by atoms with van der Waals surface area (Å²) in [7, 11) is 2.24. The quantitative estimate of drug-likeness (QED) is 0.785. The number of aromatic hydroxyl groups is 1. The lowest BCUT2D eigenvalue weighted by atomic mass is 10.0. The Kier molecular flexibility index (Phi) is 5.02. The summed E-state index contributed by atoms with van der Waals surface area (Å²) in [6.07, 6.45) is 5.31. The van der Waals surface area contributed by atoms with Crippen molar-refractivity contribution in [1.29, 1.82) is 0 Å². The Morgan fingerprint density at radius 2 is 2.06 bits per heavy atom. The van der Waals surface area contributed by atoms with E-state index in [4.69, 9.17) is 0 Å². The number of nitrogens with zero attached hydrogens (tertiary/aromatic N) is 1. The monoisotopic (exact) mass is 248 g/mol. The molecule has 1 aromatic carbocycles. The number of nitrogens with one attached hydrogen (secondary N) is 1. The maximum atomic E-state index is 9.20. The van der Waals surface area contributed by atoms with E-state index in [1.165, 1.54) is 37.8 Å². The molecular formula is C15H24N2O. The number of hydrogen-bond donors (Lipinski definition) is 2. The third-order valence-corrected chi connectivity index (χ3v) is 3.84. The average molecular weight is 248 g/mol. The predicted molar refractivity (Wildman–Crippen MR) is 74.7 cm³/mol. The topological polar surface area (TPSA) is 35.5 Å². The third-order valence-electron chi connectivity index (χ3n) is 3.84. The van der Waals surface area contributed by atoms with E-state index in [0.29, 0.717) is 5.75 Å².